The zero-order chi connectivity index (χ0) is 22.2. The van der Waals surface area contributed by atoms with Gasteiger partial charge in [0.25, 0.3) is 0 Å². The zero-order valence-corrected chi connectivity index (χ0v) is 19.3. The molecular formula is C26H34N4O. The number of hydrogen-bond acceptors (Lipinski definition) is 3. The number of fused-ring (bicyclic) bond motifs is 1. The van der Waals surface area contributed by atoms with E-state index in [1.54, 1.807) is 12.4 Å². The summed E-state index contributed by atoms with van der Waals surface area (Å²) in [5.41, 5.74) is 6.18. The van der Waals surface area contributed by atoms with Crippen LogP contribution in [0.4, 0.5) is 5.69 Å². The molecule has 1 saturated heterocycles. The Hall–Kier alpha value is -2.66. The van der Waals surface area contributed by atoms with E-state index in [9.17, 15) is 4.79 Å². The predicted molar refractivity (Wildman–Crippen MR) is 129 cm³/mol. The average molecular weight is 419 g/mol. The maximum atomic E-state index is 12.7. The summed E-state index contributed by atoms with van der Waals surface area (Å²) >= 11 is 0. The van der Waals surface area contributed by atoms with Crippen molar-refractivity contribution >= 4 is 22.5 Å². The first-order valence-corrected chi connectivity index (χ1v) is 11.4. The van der Waals surface area contributed by atoms with Gasteiger partial charge in [0.15, 0.2) is 0 Å². The maximum Gasteiger partial charge on any atom is 0.229 e. The topological polar surface area (TPSA) is 69.8 Å². The van der Waals surface area contributed by atoms with Gasteiger partial charge in [-0.05, 0) is 67.1 Å². The number of amides is 1. The normalized spacial score (nSPS) is 15.5. The number of aromatic amines is 1. The lowest BCUT2D eigenvalue weighted by Crippen LogP contribution is -2.27. The number of carbonyl (C=O) groups is 1. The number of nitrogens with one attached hydrogen (secondary N) is 3. The molecule has 3 N–H and O–H groups in total. The fraction of sp³-hybridized carbons (Fsp3) is 0.462. The van der Waals surface area contributed by atoms with Crippen molar-refractivity contribution in [2.75, 3.05) is 18.4 Å². The summed E-state index contributed by atoms with van der Waals surface area (Å²) in [5, 5.41) is 7.84. The number of carbonyl (C=O) groups excluding carboxylic acids is 1. The fourth-order valence-electron chi connectivity index (χ4n) is 4.47. The highest BCUT2D eigenvalue weighted by Crippen LogP contribution is 2.40. The molecule has 1 aliphatic heterocycles. The first-order valence-electron chi connectivity index (χ1n) is 11.4. The number of aromatic nitrogens is 2. The molecule has 0 radical (unpaired) electrons. The van der Waals surface area contributed by atoms with E-state index in [0.29, 0.717) is 11.8 Å². The van der Waals surface area contributed by atoms with Crippen molar-refractivity contribution in [3.05, 3.63) is 47.8 Å². The number of benzene rings is 1. The summed E-state index contributed by atoms with van der Waals surface area (Å²) in [7, 11) is 0. The standard InChI is InChI=1S/C26H34N4O/c1-16(2)23-20-14-18(17-8-11-27-12-9-17)6-7-21(20)29-24(23)19-10-13-28-15-22(19)30-25(31)26(3,4)5/h6-7,10,13-17,27,29H,8-9,11-12H2,1-5H3,(H,30,31). The lowest BCUT2D eigenvalue weighted by Gasteiger charge is -2.23. The molecule has 164 valence electrons. The third-order valence-electron chi connectivity index (χ3n) is 6.27. The first-order chi connectivity index (χ1) is 14.8. The van der Waals surface area contributed by atoms with Gasteiger partial charge in [0, 0.05) is 28.1 Å². The van der Waals surface area contributed by atoms with Crippen molar-refractivity contribution in [2.24, 2.45) is 5.41 Å². The van der Waals surface area contributed by atoms with Crippen LogP contribution in [0, 0.1) is 5.41 Å². The molecule has 1 fully saturated rings. The molecule has 0 spiro atoms. The van der Waals surface area contributed by atoms with Crippen LogP contribution >= 0.6 is 0 Å². The van der Waals surface area contributed by atoms with E-state index in [2.05, 4.69) is 52.6 Å². The molecule has 1 aromatic carbocycles. The van der Waals surface area contributed by atoms with Crippen LogP contribution in [-0.4, -0.2) is 29.0 Å². The molecule has 0 saturated carbocycles. The lowest BCUT2D eigenvalue weighted by molar-refractivity contribution is -0.123. The Morgan fingerprint density at radius 1 is 1.16 bits per heavy atom. The SMILES string of the molecule is CC(C)c1c(-c2ccncc2NC(=O)C(C)(C)C)[nH]c2ccc(C3CCNCC3)cc12. The smallest absolute Gasteiger partial charge is 0.229 e. The quantitative estimate of drug-likeness (QED) is 0.501. The number of H-pyrrole nitrogens is 1. The fourth-order valence-corrected chi connectivity index (χ4v) is 4.47. The summed E-state index contributed by atoms with van der Waals surface area (Å²) in [6, 6.07) is 8.87. The van der Waals surface area contributed by atoms with E-state index in [0.717, 1.165) is 35.6 Å². The van der Waals surface area contributed by atoms with E-state index in [1.165, 1.54) is 29.4 Å². The van der Waals surface area contributed by atoms with Crippen LogP contribution in [0.25, 0.3) is 22.2 Å². The zero-order valence-electron chi connectivity index (χ0n) is 19.3. The molecule has 1 amide bonds. The summed E-state index contributed by atoms with van der Waals surface area (Å²) in [4.78, 5) is 20.6. The largest absolute Gasteiger partial charge is 0.354 e. The number of piperidine rings is 1. The van der Waals surface area contributed by atoms with Gasteiger partial charge in [0.2, 0.25) is 5.91 Å². The molecule has 0 aliphatic carbocycles. The Kier molecular flexibility index (Phi) is 5.89. The van der Waals surface area contributed by atoms with Crippen LogP contribution < -0.4 is 10.6 Å². The highest BCUT2D eigenvalue weighted by atomic mass is 16.2. The van der Waals surface area contributed by atoms with E-state index >= 15 is 0 Å². The second kappa shape index (κ2) is 8.46. The summed E-state index contributed by atoms with van der Waals surface area (Å²) in [6.45, 7) is 12.4. The van der Waals surface area contributed by atoms with Gasteiger partial charge in [-0.3, -0.25) is 9.78 Å². The van der Waals surface area contributed by atoms with E-state index in [1.807, 2.05) is 26.8 Å². The van der Waals surface area contributed by atoms with E-state index in [-0.39, 0.29) is 5.91 Å². The molecule has 0 atom stereocenters. The third-order valence-corrected chi connectivity index (χ3v) is 6.27. The van der Waals surface area contributed by atoms with Gasteiger partial charge < -0.3 is 15.6 Å². The Morgan fingerprint density at radius 3 is 2.58 bits per heavy atom. The molecule has 3 aromatic rings. The molecule has 3 heterocycles. The first kappa shape index (κ1) is 21.6. The predicted octanol–water partition coefficient (Wildman–Crippen LogP) is 5.80. The van der Waals surface area contributed by atoms with Crippen LogP contribution in [0.2, 0.25) is 0 Å². The van der Waals surface area contributed by atoms with Gasteiger partial charge in [-0.1, -0.05) is 40.7 Å². The van der Waals surface area contributed by atoms with E-state index in [4.69, 9.17) is 0 Å². The van der Waals surface area contributed by atoms with Crippen molar-refractivity contribution in [1.29, 1.82) is 0 Å². The van der Waals surface area contributed by atoms with Crippen molar-refractivity contribution in [3.63, 3.8) is 0 Å². The number of hydrogen-bond donors (Lipinski definition) is 3. The van der Waals surface area contributed by atoms with Crippen molar-refractivity contribution in [1.82, 2.24) is 15.3 Å². The Labute approximate surface area is 185 Å². The second-order valence-electron chi connectivity index (χ2n) is 10.0. The molecule has 0 unspecified atom stereocenters. The number of nitrogens with zero attached hydrogens (tertiary/aromatic N) is 1. The average Bonchev–Trinajstić information content (AvgIpc) is 3.13. The highest BCUT2D eigenvalue weighted by Gasteiger charge is 2.25. The van der Waals surface area contributed by atoms with Crippen molar-refractivity contribution in [3.8, 4) is 11.3 Å². The Balaban J connectivity index is 1.81. The van der Waals surface area contributed by atoms with Gasteiger partial charge in [0.05, 0.1) is 17.6 Å². The molecule has 5 heteroatoms. The minimum Gasteiger partial charge on any atom is -0.354 e. The van der Waals surface area contributed by atoms with Gasteiger partial charge in [-0.25, -0.2) is 0 Å². The molecule has 2 aromatic heterocycles. The molecule has 31 heavy (non-hydrogen) atoms. The van der Waals surface area contributed by atoms with Gasteiger partial charge in [-0.2, -0.15) is 0 Å². The number of pyridine rings is 1. The number of rotatable bonds is 4. The summed E-state index contributed by atoms with van der Waals surface area (Å²) < 4.78 is 0. The van der Waals surface area contributed by atoms with Crippen LogP contribution in [0.1, 0.15) is 70.4 Å². The van der Waals surface area contributed by atoms with Gasteiger partial charge in [-0.15, -0.1) is 0 Å². The minimum absolute atomic E-state index is 0.0165. The molecule has 0 bridgehead atoms. The highest BCUT2D eigenvalue weighted by molar-refractivity contribution is 6.00. The van der Waals surface area contributed by atoms with Crippen molar-refractivity contribution < 1.29 is 4.79 Å². The lowest BCUT2D eigenvalue weighted by atomic mass is 9.88. The Morgan fingerprint density at radius 2 is 1.90 bits per heavy atom. The summed E-state index contributed by atoms with van der Waals surface area (Å²) in [6.07, 6.45) is 5.91. The summed E-state index contributed by atoms with van der Waals surface area (Å²) in [5.74, 6) is 0.940. The monoisotopic (exact) mass is 418 g/mol. The number of anilines is 1. The van der Waals surface area contributed by atoms with Crippen LogP contribution in [0.3, 0.4) is 0 Å². The van der Waals surface area contributed by atoms with Crippen LogP contribution in [0.5, 0.6) is 0 Å². The third kappa shape index (κ3) is 4.38. The van der Waals surface area contributed by atoms with E-state index < -0.39 is 5.41 Å². The van der Waals surface area contributed by atoms with Gasteiger partial charge >= 0.3 is 0 Å². The molecule has 5 nitrogen and oxygen atoms in total. The maximum absolute atomic E-state index is 12.7. The van der Waals surface area contributed by atoms with Crippen molar-refractivity contribution in [2.45, 2.75) is 59.3 Å². The van der Waals surface area contributed by atoms with Crippen LogP contribution in [0.15, 0.2) is 36.7 Å². The Bertz CT molecular complexity index is 1080. The second-order valence-corrected chi connectivity index (χ2v) is 10.0. The van der Waals surface area contributed by atoms with Crippen LogP contribution in [-0.2, 0) is 4.79 Å². The molecule has 1 aliphatic rings. The molecule has 4 rings (SSSR count). The molecular weight excluding hydrogens is 384 g/mol. The minimum atomic E-state index is -0.474. The van der Waals surface area contributed by atoms with Gasteiger partial charge in [0.1, 0.15) is 0 Å².